The van der Waals surface area contributed by atoms with Crippen molar-refractivity contribution in [2.45, 2.75) is 0 Å². The van der Waals surface area contributed by atoms with Crippen LogP contribution in [0.25, 0.3) is 0 Å². The molecule has 6 nitrogen and oxygen atoms in total. The first kappa shape index (κ1) is 18.9. The van der Waals surface area contributed by atoms with E-state index < -0.39 is 5.97 Å². The Balaban J connectivity index is 3.19. The number of hydrogen-bond donors (Lipinski definition) is 0. The van der Waals surface area contributed by atoms with E-state index in [-0.39, 0.29) is 30.1 Å². The van der Waals surface area contributed by atoms with Crippen LogP contribution in [0.1, 0.15) is 0 Å². The Kier molecular flexibility index (Phi) is 12.3. The molecule has 0 fully saturated rings. The van der Waals surface area contributed by atoms with Crippen LogP contribution in [-0.4, -0.2) is 69.8 Å². The van der Waals surface area contributed by atoms with Crippen molar-refractivity contribution in [3.05, 3.63) is 12.7 Å². The second-order valence-corrected chi connectivity index (χ2v) is 6.21. The zero-order valence-corrected chi connectivity index (χ0v) is 12.9. The van der Waals surface area contributed by atoms with Gasteiger partial charge in [0.1, 0.15) is 13.2 Å². The minimum atomic E-state index is -0.464. The minimum absolute atomic E-state index is 0.0591. The zero-order valence-electron chi connectivity index (χ0n) is 12.1. The molecule has 0 unspecified atom stereocenters. The second-order valence-electron chi connectivity index (χ2n) is 3.95. The van der Waals surface area contributed by atoms with Crippen molar-refractivity contribution in [3.8, 4) is 0 Å². The van der Waals surface area contributed by atoms with Gasteiger partial charge in [-0.15, -0.1) is 0 Å². The number of ether oxygens (including phenoxy) is 4. The Morgan fingerprint density at radius 1 is 0.950 bits per heavy atom. The van der Waals surface area contributed by atoms with Gasteiger partial charge in [0, 0.05) is 6.08 Å². The molecule has 0 aliphatic rings. The summed E-state index contributed by atoms with van der Waals surface area (Å²) < 4.78 is 20.1. The molecular weight excluding hydrogens is 284 g/mol. The molecule has 0 amide bonds. The monoisotopic (exact) mass is 307 g/mol. The molecule has 0 N–H and O–H groups in total. The lowest BCUT2D eigenvalue weighted by Crippen LogP contribution is -2.19. The zero-order chi connectivity index (χ0) is 15.2. The van der Waals surface area contributed by atoms with Crippen LogP contribution in [0, 0.1) is 0 Å². The van der Waals surface area contributed by atoms with Gasteiger partial charge in [-0.3, -0.25) is 0 Å². The summed E-state index contributed by atoms with van der Waals surface area (Å²) in [7, 11) is 0.0591. The van der Waals surface area contributed by atoms with Gasteiger partial charge in [-0.05, 0) is 10.9 Å². The number of carbonyl (C=O) groups excluding carboxylic acids is 2. The molecule has 0 bridgehead atoms. The summed E-state index contributed by atoms with van der Waals surface area (Å²) in [5.41, 5.74) is 0. The van der Waals surface area contributed by atoms with Crippen LogP contribution >= 0.6 is 0 Å². The van der Waals surface area contributed by atoms with Crippen LogP contribution in [0.2, 0.25) is 0 Å². The van der Waals surface area contributed by atoms with Gasteiger partial charge in [0.25, 0.3) is 0 Å². The van der Waals surface area contributed by atoms with E-state index >= 15 is 0 Å². The molecule has 0 spiro atoms. The van der Waals surface area contributed by atoms with E-state index in [0.717, 1.165) is 6.08 Å². The summed E-state index contributed by atoms with van der Waals surface area (Å²) in [6.07, 6.45) is 5.08. The molecule has 116 valence electrons. The lowest BCUT2D eigenvalue weighted by atomic mass is 10.6. The van der Waals surface area contributed by atoms with Crippen molar-refractivity contribution in [1.29, 1.82) is 0 Å². The van der Waals surface area contributed by atoms with E-state index in [4.69, 9.17) is 18.9 Å². The van der Waals surface area contributed by atoms with E-state index in [2.05, 4.69) is 6.58 Å². The third-order valence-electron chi connectivity index (χ3n) is 1.91. The topological polar surface area (TPSA) is 71.1 Å². The van der Waals surface area contributed by atoms with Crippen LogP contribution < -0.4 is 0 Å². The van der Waals surface area contributed by atoms with Crippen LogP contribution in [0.15, 0.2) is 12.7 Å². The van der Waals surface area contributed by atoms with Gasteiger partial charge in [-0.2, -0.15) is 0 Å². The van der Waals surface area contributed by atoms with Gasteiger partial charge in [0.05, 0.1) is 38.9 Å². The third-order valence-corrected chi connectivity index (χ3v) is 2.72. The van der Waals surface area contributed by atoms with Gasteiger partial charge in [0.15, 0.2) is 0 Å². The third kappa shape index (κ3) is 13.4. The number of esters is 2. The van der Waals surface area contributed by atoms with E-state index in [0.29, 0.717) is 32.2 Å². The maximum absolute atomic E-state index is 11.2. The predicted octanol–water partition coefficient (Wildman–Crippen LogP) is 0.170. The van der Waals surface area contributed by atoms with E-state index in [1.54, 1.807) is 0 Å². The molecule has 0 saturated heterocycles. The van der Waals surface area contributed by atoms with Gasteiger partial charge in [0.2, 0.25) is 5.75 Å². The molecule has 0 rings (SSSR count). The summed E-state index contributed by atoms with van der Waals surface area (Å²) in [5, 5.41) is 0. The highest BCUT2D eigenvalue weighted by Gasteiger charge is 2.12. The molecule has 0 aromatic heterocycles. The maximum Gasteiger partial charge on any atom is 0.356 e. The van der Waals surface area contributed by atoms with Crippen molar-refractivity contribution < 1.29 is 28.5 Å². The smallest absolute Gasteiger partial charge is 0.356 e. The highest BCUT2D eigenvalue weighted by atomic mass is 32.2. The van der Waals surface area contributed by atoms with Crippen molar-refractivity contribution in [3.63, 3.8) is 0 Å². The SMILES string of the molecule is C=CC(=O)OCCOCCOCCOC(=O)C[S+](C)C. The summed E-state index contributed by atoms with van der Waals surface area (Å²) in [6, 6.07) is 0. The van der Waals surface area contributed by atoms with Crippen molar-refractivity contribution in [2.75, 3.05) is 57.9 Å². The van der Waals surface area contributed by atoms with Gasteiger partial charge in [-0.25, -0.2) is 9.59 Å². The Labute approximate surface area is 122 Å². The lowest BCUT2D eigenvalue weighted by molar-refractivity contribution is -0.142. The molecule has 0 aromatic rings. The predicted molar refractivity (Wildman–Crippen MR) is 77.8 cm³/mol. The van der Waals surface area contributed by atoms with Crippen LogP contribution in [0.3, 0.4) is 0 Å². The molecule has 7 heteroatoms. The number of rotatable bonds is 12. The average Bonchev–Trinajstić information content (AvgIpc) is 2.39. The van der Waals surface area contributed by atoms with Crippen LogP contribution in [-0.2, 0) is 39.4 Å². The Hall–Kier alpha value is -1.05. The molecular formula is C13H23O6S+. The fourth-order valence-electron chi connectivity index (χ4n) is 1.07. The molecule has 0 aliphatic carbocycles. The quantitative estimate of drug-likeness (QED) is 0.221. The van der Waals surface area contributed by atoms with Gasteiger partial charge >= 0.3 is 11.9 Å². The Bertz CT molecular complexity index is 293. The normalized spacial score (nSPS) is 10.3. The van der Waals surface area contributed by atoms with Gasteiger partial charge < -0.3 is 18.9 Å². The fraction of sp³-hybridized carbons (Fsp3) is 0.692. The Morgan fingerprint density at radius 2 is 1.45 bits per heavy atom. The van der Waals surface area contributed by atoms with Crippen molar-refractivity contribution >= 4 is 22.8 Å². The van der Waals surface area contributed by atoms with E-state index in [1.165, 1.54) is 0 Å². The molecule has 0 atom stereocenters. The first-order valence-corrected chi connectivity index (χ1v) is 8.41. The highest BCUT2D eigenvalue weighted by Crippen LogP contribution is 1.88. The summed E-state index contributed by atoms with van der Waals surface area (Å²) in [4.78, 5) is 21.9. The average molecular weight is 307 g/mol. The molecule has 0 aromatic carbocycles. The molecule has 20 heavy (non-hydrogen) atoms. The number of hydrogen-bond acceptors (Lipinski definition) is 6. The molecule has 0 aliphatic heterocycles. The van der Waals surface area contributed by atoms with E-state index in [1.807, 2.05) is 12.5 Å². The lowest BCUT2D eigenvalue weighted by Gasteiger charge is -2.06. The van der Waals surface area contributed by atoms with Crippen LogP contribution in [0.5, 0.6) is 0 Å². The summed E-state index contributed by atoms with van der Waals surface area (Å²) in [6.45, 7) is 5.18. The molecule has 0 radical (unpaired) electrons. The van der Waals surface area contributed by atoms with E-state index in [9.17, 15) is 9.59 Å². The summed E-state index contributed by atoms with van der Waals surface area (Å²) in [5.74, 6) is -0.206. The largest absolute Gasteiger partial charge is 0.460 e. The highest BCUT2D eigenvalue weighted by molar-refractivity contribution is 7.96. The van der Waals surface area contributed by atoms with Crippen molar-refractivity contribution in [1.82, 2.24) is 0 Å². The first-order chi connectivity index (χ1) is 9.56. The minimum Gasteiger partial charge on any atom is -0.460 e. The van der Waals surface area contributed by atoms with Crippen molar-refractivity contribution in [2.24, 2.45) is 0 Å². The summed E-state index contributed by atoms with van der Waals surface area (Å²) >= 11 is 0. The van der Waals surface area contributed by atoms with Crippen LogP contribution in [0.4, 0.5) is 0 Å². The first-order valence-electron chi connectivity index (χ1n) is 6.20. The fourth-order valence-corrected chi connectivity index (χ4v) is 1.63. The second kappa shape index (κ2) is 13.0. The molecule has 0 saturated carbocycles. The number of carbonyl (C=O) groups is 2. The maximum atomic E-state index is 11.2. The Morgan fingerprint density at radius 3 is 1.95 bits per heavy atom. The molecule has 0 heterocycles. The van der Waals surface area contributed by atoms with Gasteiger partial charge in [-0.1, -0.05) is 6.58 Å². The standard InChI is InChI=1S/C13H23O6S/c1-4-12(14)18-9-7-16-5-6-17-8-10-19-13(15)11-20(2)3/h4H,1,5-11H2,2-3H3/q+1.